The standard InChI is InChI=1S/C24H24F2N4O3/c1-14-18(15(2)33-29-14)10-11-27-23-28-20-12-16(22(31)32)8-9-21(20)30(23)13-17-6-4-5-7-19(17)24(3,25)26/h4-9,12H,10-11,13H2,1-3H3,(H,27,28)(H,31,32). The normalized spacial score (nSPS) is 11.8. The highest BCUT2D eigenvalue weighted by atomic mass is 19.3. The molecular formula is C24H24F2N4O3. The third kappa shape index (κ3) is 4.57. The highest BCUT2D eigenvalue weighted by Gasteiger charge is 2.27. The van der Waals surface area contributed by atoms with Crippen LogP contribution in [0.4, 0.5) is 14.7 Å². The van der Waals surface area contributed by atoms with Crippen molar-refractivity contribution in [2.45, 2.75) is 39.7 Å². The summed E-state index contributed by atoms with van der Waals surface area (Å²) in [5.74, 6) is -2.85. The molecule has 2 heterocycles. The second kappa shape index (κ2) is 8.65. The van der Waals surface area contributed by atoms with Crippen molar-refractivity contribution < 1.29 is 23.2 Å². The summed E-state index contributed by atoms with van der Waals surface area (Å²) in [6, 6.07) is 11.0. The second-order valence-corrected chi connectivity index (χ2v) is 8.06. The van der Waals surface area contributed by atoms with Crippen LogP contribution in [0.3, 0.4) is 0 Å². The number of nitrogens with one attached hydrogen (secondary N) is 1. The van der Waals surface area contributed by atoms with Gasteiger partial charge in [0.25, 0.3) is 5.92 Å². The summed E-state index contributed by atoms with van der Waals surface area (Å²) in [5, 5.41) is 16.6. The van der Waals surface area contributed by atoms with E-state index in [9.17, 15) is 18.7 Å². The van der Waals surface area contributed by atoms with E-state index in [1.165, 1.54) is 18.2 Å². The minimum Gasteiger partial charge on any atom is -0.478 e. The summed E-state index contributed by atoms with van der Waals surface area (Å²) in [6.45, 7) is 5.25. The number of alkyl halides is 2. The van der Waals surface area contributed by atoms with Gasteiger partial charge in [-0.25, -0.2) is 18.6 Å². The van der Waals surface area contributed by atoms with Gasteiger partial charge < -0.3 is 19.5 Å². The molecule has 0 bridgehead atoms. The van der Waals surface area contributed by atoms with Gasteiger partial charge in [-0.2, -0.15) is 0 Å². The number of aromatic carboxylic acids is 1. The van der Waals surface area contributed by atoms with Crippen LogP contribution in [0.15, 0.2) is 47.0 Å². The van der Waals surface area contributed by atoms with Gasteiger partial charge in [-0.15, -0.1) is 0 Å². The number of benzene rings is 2. The van der Waals surface area contributed by atoms with Crippen LogP contribution < -0.4 is 5.32 Å². The quantitative estimate of drug-likeness (QED) is 0.382. The first kappa shape index (κ1) is 22.4. The number of aromatic nitrogens is 3. The van der Waals surface area contributed by atoms with Crippen LogP contribution in [0.1, 0.15) is 45.4 Å². The topological polar surface area (TPSA) is 93.2 Å². The molecule has 0 aliphatic carbocycles. The molecule has 0 fully saturated rings. The van der Waals surface area contributed by atoms with Crippen molar-refractivity contribution >= 4 is 23.0 Å². The molecule has 0 aliphatic heterocycles. The maximum Gasteiger partial charge on any atom is 0.335 e. The van der Waals surface area contributed by atoms with Crippen molar-refractivity contribution in [1.82, 2.24) is 14.7 Å². The Kier molecular flexibility index (Phi) is 5.88. The van der Waals surface area contributed by atoms with Crippen LogP contribution in [-0.2, 0) is 18.9 Å². The van der Waals surface area contributed by atoms with E-state index < -0.39 is 11.9 Å². The fourth-order valence-electron chi connectivity index (χ4n) is 3.97. The van der Waals surface area contributed by atoms with Gasteiger partial charge >= 0.3 is 5.97 Å². The molecule has 4 aromatic rings. The number of imidazole rings is 1. The molecule has 0 unspecified atom stereocenters. The van der Waals surface area contributed by atoms with Crippen molar-refractivity contribution in [3.63, 3.8) is 0 Å². The number of hydrogen-bond donors (Lipinski definition) is 2. The molecular weight excluding hydrogens is 430 g/mol. The van der Waals surface area contributed by atoms with Crippen molar-refractivity contribution in [2.24, 2.45) is 0 Å². The molecule has 172 valence electrons. The maximum atomic E-state index is 14.2. The SMILES string of the molecule is Cc1noc(C)c1CCNc1nc2cc(C(=O)O)ccc2n1Cc1ccccc1C(C)(F)F. The molecule has 4 rings (SSSR count). The van der Waals surface area contributed by atoms with Crippen molar-refractivity contribution in [3.05, 3.63) is 76.2 Å². The number of carboxylic acids is 1. The van der Waals surface area contributed by atoms with Crippen LogP contribution in [0.2, 0.25) is 0 Å². The van der Waals surface area contributed by atoms with Gasteiger partial charge in [0.2, 0.25) is 5.95 Å². The molecule has 33 heavy (non-hydrogen) atoms. The average Bonchev–Trinajstić information content (AvgIpc) is 3.27. The lowest BCUT2D eigenvalue weighted by Gasteiger charge is -2.18. The van der Waals surface area contributed by atoms with Crippen molar-refractivity contribution in [2.75, 3.05) is 11.9 Å². The largest absolute Gasteiger partial charge is 0.478 e. The second-order valence-electron chi connectivity index (χ2n) is 8.06. The van der Waals surface area contributed by atoms with Gasteiger partial charge in [0, 0.05) is 24.6 Å². The number of carboxylic acid groups (broad SMARTS) is 1. The first-order valence-electron chi connectivity index (χ1n) is 10.5. The lowest BCUT2D eigenvalue weighted by molar-refractivity contribution is 0.0164. The number of anilines is 1. The highest BCUT2D eigenvalue weighted by Crippen LogP contribution is 2.32. The Bertz CT molecular complexity index is 1300. The fraction of sp³-hybridized carbons (Fsp3) is 0.292. The Morgan fingerprint density at radius 1 is 1.21 bits per heavy atom. The van der Waals surface area contributed by atoms with Crippen molar-refractivity contribution in [3.8, 4) is 0 Å². The van der Waals surface area contributed by atoms with Gasteiger partial charge in [-0.05, 0) is 44.0 Å². The summed E-state index contributed by atoms with van der Waals surface area (Å²) in [6.07, 6.45) is 0.633. The van der Waals surface area contributed by atoms with E-state index >= 15 is 0 Å². The Morgan fingerprint density at radius 3 is 2.64 bits per heavy atom. The summed E-state index contributed by atoms with van der Waals surface area (Å²) in [5.41, 5.74) is 3.43. The lowest BCUT2D eigenvalue weighted by Crippen LogP contribution is -2.15. The summed E-state index contributed by atoms with van der Waals surface area (Å²) in [4.78, 5) is 16.0. The number of aryl methyl sites for hydroxylation is 2. The molecule has 9 heteroatoms. The van der Waals surface area contributed by atoms with Gasteiger partial charge in [0.15, 0.2) is 0 Å². The lowest BCUT2D eigenvalue weighted by atomic mass is 10.0. The van der Waals surface area contributed by atoms with E-state index in [4.69, 9.17) is 4.52 Å². The summed E-state index contributed by atoms with van der Waals surface area (Å²) < 4.78 is 35.4. The Labute approximate surface area is 189 Å². The van der Waals surface area contributed by atoms with Gasteiger partial charge in [-0.1, -0.05) is 29.4 Å². The number of hydrogen-bond acceptors (Lipinski definition) is 5. The highest BCUT2D eigenvalue weighted by molar-refractivity contribution is 5.93. The average molecular weight is 454 g/mol. The minimum absolute atomic E-state index is 0.0596. The third-order valence-corrected chi connectivity index (χ3v) is 5.65. The first-order valence-corrected chi connectivity index (χ1v) is 10.5. The Balaban J connectivity index is 1.71. The van der Waals surface area contributed by atoms with Gasteiger partial charge in [-0.3, -0.25) is 0 Å². The molecule has 0 amide bonds. The maximum absolute atomic E-state index is 14.2. The zero-order valence-electron chi connectivity index (χ0n) is 18.5. The van der Waals surface area contributed by atoms with Crippen LogP contribution >= 0.6 is 0 Å². The van der Waals surface area contributed by atoms with Crippen molar-refractivity contribution in [1.29, 1.82) is 0 Å². The fourth-order valence-corrected chi connectivity index (χ4v) is 3.97. The van der Waals surface area contributed by atoms with Crippen LogP contribution in [-0.4, -0.2) is 32.3 Å². The number of nitrogens with zero attached hydrogens (tertiary/aromatic N) is 3. The van der Waals surface area contributed by atoms with E-state index in [0.717, 1.165) is 23.9 Å². The third-order valence-electron chi connectivity index (χ3n) is 5.65. The number of fused-ring (bicyclic) bond motifs is 1. The van der Waals surface area contributed by atoms with E-state index in [1.807, 2.05) is 13.8 Å². The minimum atomic E-state index is -3.00. The zero-order chi connectivity index (χ0) is 23.8. The molecule has 0 saturated heterocycles. The molecule has 0 saturated carbocycles. The van der Waals surface area contributed by atoms with Crippen LogP contribution in [0.25, 0.3) is 11.0 Å². The number of rotatable bonds is 8. The Hall–Kier alpha value is -3.75. The van der Waals surface area contributed by atoms with Gasteiger partial charge in [0.1, 0.15) is 5.76 Å². The monoisotopic (exact) mass is 454 g/mol. The van der Waals surface area contributed by atoms with E-state index in [2.05, 4.69) is 15.5 Å². The predicted molar refractivity (Wildman–Crippen MR) is 120 cm³/mol. The van der Waals surface area contributed by atoms with E-state index in [0.29, 0.717) is 35.5 Å². The summed E-state index contributed by atoms with van der Waals surface area (Å²) >= 11 is 0. The molecule has 0 atom stereocenters. The molecule has 7 nitrogen and oxygen atoms in total. The number of halogens is 2. The predicted octanol–water partition coefficient (Wildman–Crippen LogP) is 5.15. The Morgan fingerprint density at radius 2 is 1.97 bits per heavy atom. The van der Waals surface area contributed by atoms with Gasteiger partial charge in [0.05, 0.1) is 28.8 Å². The smallest absolute Gasteiger partial charge is 0.335 e. The zero-order valence-corrected chi connectivity index (χ0v) is 18.5. The van der Waals surface area contributed by atoms with Crippen LogP contribution in [0.5, 0.6) is 0 Å². The van der Waals surface area contributed by atoms with E-state index in [1.54, 1.807) is 28.8 Å². The first-order chi connectivity index (χ1) is 15.6. The molecule has 0 spiro atoms. The van der Waals surface area contributed by atoms with E-state index in [-0.39, 0.29) is 17.7 Å². The van der Waals surface area contributed by atoms with Crippen LogP contribution in [0, 0.1) is 13.8 Å². The molecule has 2 aromatic carbocycles. The molecule has 2 aromatic heterocycles. The molecule has 0 radical (unpaired) electrons. The number of carbonyl (C=O) groups is 1. The molecule has 2 N–H and O–H groups in total. The summed E-state index contributed by atoms with van der Waals surface area (Å²) in [7, 11) is 0. The molecule has 0 aliphatic rings.